The molecule has 0 aromatic heterocycles. The van der Waals surface area contributed by atoms with Crippen LogP contribution in [-0.2, 0) is 0 Å². The van der Waals surface area contributed by atoms with E-state index in [2.05, 4.69) is 54.0 Å². The molecule has 0 spiro atoms. The van der Waals surface area contributed by atoms with E-state index in [4.69, 9.17) is 4.74 Å². The van der Waals surface area contributed by atoms with Crippen molar-refractivity contribution < 1.29 is 4.74 Å². The maximum atomic E-state index is 6.15. The first kappa shape index (κ1) is 12.3. The summed E-state index contributed by atoms with van der Waals surface area (Å²) < 4.78 is 6.15. The van der Waals surface area contributed by atoms with Crippen molar-refractivity contribution in [3.63, 3.8) is 0 Å². The van der Waals surface area contributed by atoms with Gasteiger partial charge in [0.2, 0.25) is 0 Å². The summed E-state index contributed by atoms with van der Waals surface area (Å²) in [5.74, 6) is 0.970. The van der Waals surface area contributed by atoms with Crippen LogP contribution in [-0.4, -0.2) is 25.7 Å². The molecule has 1 heterocycles. The Morgan fingerprint density at radius 3 is 2.89 bits per heavy atom. The molecule has 3 rings (SSSR count). The number of anilines is 1. The standard InChI is InChI=1S/C16H20N2O/c1-11-14(9-10-17-2)19-15-8-7-12-5-3-4-6-13(12)16(15)18-11/h3-8,11,14,17-18H,9-10H2,1-2H3. The predicted octanol–water partition coefficient (Wildman–Crippen LogP) is 3.01. The SMILES string of the molecule is CNCCC1Oc2ccc3ccccc3c2NC1C. The molecule has 19 heavy (non-hydrogen) atoms. The topological polar surface area (TPSA) is 33.3 Å². The molecule has 1 aliphatic heterocycles. The fraction of sp³-hybridized carbons (Fsp3) is 0.375. The number of benzene rings is 2. The zero-order chi connectivity index (χ0) is 13.2. The zero-order valence-electron chi connectivity index (χ0n) is 11.4. The second-order valence-corrected chi connectivity index (χ2v) is 5.14. The molecule has 2 atom stereocenters. The van der Waals surface area contributed by atoms with Gasteiger partial charge in [-0.05, 0) is 38.4 Å². The fourth-order valence-electron chi connectivity index (χ4n) is 2.68. The van der Waals surface area contributed by atoms with E-state index in [0.717, 1.165) is 24.4 Å². The molecule has 3 heteroatoms. The van der Waals surface area contributed by atoms with Crippen LogP contribution in [0.2, 0.25) is 0 Å². The monoisotopic (exact) mass is 256 g/mol. The highest BCUT2D eigenvalue weighted by Crippen LogP contribution is 2.38. The van der Waals surface area contributed by atoms with Crippen LogP contribution in [0.25, 0.3) is 10.8 Å². The normalized spacial score (nSPS) is 21.6. The van der Waals surface area contributed by atoms with Gasteiger partial charge in [-0.3, -0.25) is 0 Å². The van der Waals surface area contributed by atoms with Gasteiger partial charge in [0, 0.05) is 5.39 Å². The van der Waals surface area contributed by atoms with E-state index in [9.17, 15) is 0 Å². The summed E-state index contributed by atoms with van der Waals surface area (Å²) in [7, 11) is 1.97. The number of fused-ring (bicyclic) bond motifs is 3. The lowest BCUT2D eigenvalue weighted by Gasteiger charge is -2.34. The van der Waals surface area contributed by atoms with E-state index in [1.165, 1.54) is 10.8 Å². The molecule has 2 aromatic carbocycles. The summed E-state index contributed by atoms with van der Waals surface area (Å²) in [6, 6.07) is 12.9. The number of ether oxygens (including phenoxy) is 1. The summed E-state index contributed by atoms with van der Waals surface area (Å²) in [5.41, 5.74) is 1.13. The third-order valence-corrected chi connectivity index (χ3v) is 3.78. The van der Waals surface area contributed by atoms with Crippen molar-refractivity contribution in [2.24, 2.45) is 0 Å². The minimum absolute atomic E-state index is 0.223. The van der Waals surface area contributed by atoms with Crippen LogP contribution in [0.15, 0.2) is 36.4 Å². The molecule has 0 bridgehead atoms. The van der Waals surface area contributed by atoms with Crippen LogP contribution in [0.5, 0.6) is 5.75 Å². The lowest BCUT2D eigenvalue weighted by molar-refractivity contribution is 0.165. The van der Waals surface area contributed by atoms with Crippen LogP contribution in [0.3, 0.4) is 0 Å². The van der Waals surface area contributed by atoms with Crippen LogP contribution in [0, 0.1) is 0 Å². The van der Waals surface area contributed by atoms with Crippen molar-refractivity contribution in [1.82, 2.24) is 5.32 Å². The maximum absolute atomic E-state index is 6.15. The van der Waals surface area contributed by atoms with Gasteiger partial charge in [-0.15, -0.1) is 0 Å². The van der Waals surface area contributed by atoms with Crippen molar-refractivity contribution >= 4 is 16.5 Å². The van der Waals surface area contributed by atoms with Gasteiger partial charge >= 0.3 is 0 Å². The molecule has 0 saturated heterocycles. The van der Waals surface area contributed by atoms with Gasteiger partial charge in [-0.25, -0.2) is 0 Å². The zero-order valence-corrected chi connectivity index (χ0v) is 11.4. The van der Waals surface area contributed by atoms with Gasteiger partial charge < -0.3 is 15.4 Å². The predicted molar refractivity (Wildman–Crippen MR) is 80.0 cm³/mol. The van der Waals surface area contributed by atoms with Crippen molar-refractivity contribution in [3.8, 4) is 5.75 Å². The molecular formula is C16H20N2O. The summed E-state index contributed by atoms with van der Waals surface area (Å²) in [6.45, 7) is 3.16. The van der Waals surface area contributed by atoms with Crippen molar-refractivity contribution in [2.75, 3.05) is 18.9 Å². The fourth-order valence-corrected chi connectivity index (χ4v) is 2.68. The van der Waals surface area contributed by atoms with Crippen molar-refractivity contribution in [3.05, 3.63) is 36.4 Å². The number of hydrogen-bond donors (Lipinski definition) is 2. The maximum Gasteiger partial charge on any atom is 0.143 e. The van der Waals surface area contributed by atoms with Gasteiger partial charge in [0.05, 0.1) is 11.7 Å². The van der Waals surface area contributed by atoms with E-state index in [1.54, 1.807) is 0 Å². The highest BCUT2D eigenvalue weighted by molar-refractivity contribution is 5.97. The first-order valence-electron chi connectivity index (χ1n) is 6.89. The molecule has 0 amide bonds. The Hall–Kier alpha value is -1.74. The number of hydrogen-bond acceptors (Lipinski definition) is 3. The average Bonchev–Trinajstić information content (AvgIpc) is 2.45. The van der Waals surface area contributed by atoms with Crippen LogP contribution >= 0.6 is 0 Å². The van der Waals surface area contributed by atoms with Gasteiger partial charge in [0.25, 0.3) is 0 Å². The quantitative estimate of drug-likeness (QED) is 0.885. The second kappa shape index (κ2) is 5.10. The highest BCUT2D eigenvalue weighted by atomic mass is 16.5. The molecule has 0 radical (unpaired) electrons. The molecule has 0 aliphatic carbocycles. The Morgan fingerprint density at radius 2 is 2.05 bits per heavy atom. The van der Waals surface area contributed by atoms with Gasteiger partial charge in [0.15, 0.2) is 0 Å². The minimum Gasteiger partial charge on any atom is -0.486 e. The molecule has 1 aliphatic rings. The Labute approximate surface area is 114 Å². The van der Waals surface area contributed by atoms with Crippen molar-refractivity contribution in [2.45, 2.75) is 25.5 Å². The Morgan fingerprint density at radius 1 is 1.21 bits per heavy atom. The largest absolute Gasteiger partial charge is 0.486 e. The third kappa shape index (κ3) is 2.26. The molecule has 2 aromatic rings. The van der Waals surface area contributed by atoms with E-state index >= 15 is 0 Å². The van der Waals surface area contributed by atoms with Crippen LogP contribution < -0.4 is 15.4 Å². The summed E-state index contributed by atoms with van der Waals surface area (Å²) in [6.07, 6.45) is 1.23. The Kier molecular flexibility index (Phi) is 3.30. The van der Waals surface area contributed by atoms with Gasteiger partial charge in [-0.2, -0.15) is 0 Å². The molecular weight excluding hydrogens is 236 g/mol. The Balaban J connectivity index is 1.96. The summed E-state index contributed by atoms with van der Waals surface area (Å²) in [5, 5.41) is 9.27. The summed E-state index contributed by atoms with van der Waals surface area (Å²) >= 11 is 0. The Bertz CT molecular complexity index is 582. The van der Waals surface area contributed by atoms with E-state index < -0.39 is 0 Å². The first-order chi connectivity index (χ1) is 9.29. The molecule has 0 saturated carbocycles. The lowest BCUT2D eigenvalue weighted by atomic mass is 10.0. The second-order valence-electron chi connectivity index (χ2n) is 5.14. The highest BCUT2D eigenvalue weighted by Gasteiger charge is 2.26. The van der Waals surface area contributed by atoms with E-state index in [-0.39, 0.29) is 6.10 Å². The third-order valence-electron chi connectivity index (χ3n) is 3.78. The smallest absolute Gasteiger partial charge is 0.143 e. The minimum atomic E-state index is 0.223. The van der Waals surface area contributed by atoms with Crippen LogP contribution in [0.4, 0.5) is 5.69 Å². The molecule has 2 unspecified atom stereocenters. The number of rotatable bonds is 3. The van der Waals surface area contributed by atoms with E-state index in [0.29, 0.717) is 6.04 Å². The average molecular weight is 256 g/mol. The van der Waals surface area contributed by atoms with Gasteiger partial charge in [-0.1, -0.05) is 30.3 Å². The molecule has 100 valence electrons. The molecule has 0 fully saturated rings. The van der Waals surface area contributed by atoms with E-state index in [1.807, 2.05) is 7.05 Å². The molecule has 2 N–H and O–H groups in total. The van der Waals surface area contributed by atoms with Gasteiger partial charge in [0.1, 0.15) is 11.9 Å². The summed E-state index contributed by atoms with van der Waals surface area (Å²) in [4.78, 5) is 0. The number of nitrogens with one attached hydrogen (secondary N) is 2. The molecule has 3 nitrogen and oxygen atoms in total. The van der Waals surface area contributed by atoms with Crippen LogP contribution in [0.1, 0.15) is 13.3 Å². The van der Waals surface area contributed by atoms with Crippen molar-refractivity contribution in [1.29, 1.82) is 0 Å². The first-order valence-corrected chi connectivity index (χ1v) is 6.89. The lowest BCUT2D eigenvalue weighted by Crippen LogP contribution is -2.40.